The van der Waals surface area contributed by atoms with Gasteiger partial charge in [-0.2, -0.15) is 0 Å². The summed E-state index contributed by atoms with van der Waals surface area (Å²) >= 11 is 0. The lowest BCUT2D eigenvalue weighted by molar-refractivity contribution is -0.121. The molecule has 0 N–H and O–H groups in total. The Balaban J connectivity index is 1.23. The summed E-state index contributed by atoms with van der Waals surface area (Å²) in [5.41, 5.74) is 0.929. The summed E-state index contributed by atoms with van der Waals surface area (Å²) in [4.78, 5) is 49.9. The van der Waals surface area contributed by atoms with E-state index in [1.54, 1.807) is 48.5 Å². The third-order valence-corrected chi connectivity index (χ3v) is 6.11. The Morgan fingerprint density at radius 1 is 0.421 bits per heavy atom. The van der Waals surface area contributed by atoms with Crippen molar-refractivity contribution in [1.82, 2.24) is 0 Å². The zero-order valence-electron chi connectivity index (χ0n) is 19.7. The van der Waals surface area contributed by atoms with Crippen molar-refractivity contribution in [3.63, 3.8) is 0 Å². The Morgan fingerprint density at radius 2 is 0.763 bits per heavy atom. The third kappa shape index (κ3) is 4.10. The van der Waals surface area contributed by atoms with Crippen LogP contribution in [0.4, 0.5) is 11.4 Å². The zero-order chi connectivity index (χ0) is 26.2. The molecule has 0 bridgehead atoms. The second-order valence-corrected chi connectivity index (χ2v) is 8.49. The monoisotopic (exact) mass is 502 g/mol. The van der Waals surface area contributed by atoms with Gasteiger partial charge in [0.1, 0.15) is 23.0 Å². The van der Waals surface area contributed by atoms with E-state index < -0.39 is 0 Å². The standard InChI is InChI=1S/C30H18N2O6/c33-27-15-16-28(34)31(27)19-7-11-21(12-8-19)37-25-5-1-3-23-24(25)4-2-6-26(23)38-22-13-9-20(10-14-22)32-29(35)17-18-30(32)36/h1-18H. The van der Waals surface area contributed by atoms with Crippen LogP contribution < -0.4 is 19.3 Å². The maximum atomic E-state index is 11.9. The molecule has 6 rings (SSSR count). The van der Waals surface area contributed by atoms with Gasteiger partial charge in [-0.3, -0.25) is 19.2 Å². The molecule has 8 heteroatoms. The van der Waals surface area contributed by atoms with E-state index in [2.05, 4.69) is 0 Å². The maximum Gasteiger partial charge on any atom is 0.258 e. The van der Waals surface area contributed by atoms with Gasteiger partial charge in [0.2, 0.25) is 0 Å². The number of rotatable bonds is 6. The Bertz CT molecular complexity index is 1520. The van der Waals surface area contributed by atoms with Gasteiger partial charge in [-0.1, -0.05) is 24.3 Å². The first-order valence-corrected chi connectivity index (χ1v) is 11.7. The van der Waals surface area contributed by atoms with Crippen molar-refractivity contribution >= 4 is 45.8 Å². The summed E-state index contributed by atoms with van der Waals surface area (Å²) in [6, 6.07) is 24.6. The fourth-order valence-corrected chi connectivity index (χ4v) is 4.32. The van der Waals surface area contributed by atoms with Crippen LogP contribution in [-0.2, 0) is 19.2 Å². The van der Waals surface area contributed by atoms with Gasteiger partial charge in [0.25, 0.3) is 23.6 Å². The molecule has 8 nitrogen and oxygen atoms in total. The van der Waals surface area contributed by atoms with Gasteiger partial charge in [0.15, 0.2) is 0 Å². The van der Waals surface area contributed by atoms with E-state index in [1.165, 1.54) is 24.3 Å². The minimum Gasteiger partial charge on any atom is -0.457 e. The molecule has 184 valence electrons. The minimum atomic E-state index is -0.380. The first-order chi connectivity index (χ1) is 18.5. The first kappa shape index (κ1) is 22.9. The summed E-state index contributed by atoms with van der Waals surface area (Å²) < 4.78 is 12.3. The molecule has 4 amide bonds. The van der Waals surface area contributed by atoms with Crippen molar-refractivity contribution in [3.05, 3.63) is 109 Å². The lowest BCUT2D eigenvalue weighted by atomic mass is 10.1. The molecule has 2 heterocycles. The van der Waals surface area contributed by atoms with E-state index in [-0.39, 0.29) is 23.6 Å². The fourth-order valence-electron chi connectivity index (χ4n) is 4.32. The van der Waals surface area contributed by atoms with E-state index in [1.807, 2.05) is 36.4 Å². The lowest BCUT2D eigenvalue weighted by Crippen LogP contribution is -2.29. The van der Waals surface area contributed by atoms with Gasteiger partial charge in [-0.15, -0.1) is 0 Å². The van der Waals surface area contributed by atoms with Gasteiger partial charge in [-0.05, 0) is 60.7 Å². The molecule has 2 aliphatic heterocycles. The van der Waals surface area contributed by atoms with Crippen LogP contribution in [0.5, 0.6) is 23.0 Å². The number of ether oxygens (including phenoxy) is 2. The molecule has 2 aliphatic rings. The third-order valence-electron chi connectivity index (χ3n) is 6.11. The van der Waals surface area contributed by atoms with Gasteiger partial charge in [0.05, 0.1) is 11.4 Å². The molecule has 0 saturated carbocycles. The Morgan fingerprint density at radius 3 is 1.11 bits per heavy atom. The summed E-state index contributed by atoms with van der Waals surface area (Å²) in [6.45, 7) is 0. The lowest BCUT2D eigenvalue weighted by Gasteiger charge is -2.16. The van der Waals surface area contributed by atoms with Crippen molar-refractivity contribution in [1.29, 1.82) is 0 Å². The molecule has 0 saturated heterocycles. The maximum absolute atomic E-state index is 11.9. The molecule has 0 atom stereocenters. The van der Waals surface area contributed by atoms with Gasteiger partial charge < -0.3 is 9.47 Å². The second-order valence-electron chi connectivity index (χ2n) is 8.49. The van der Waals surface area contributed by atoms with E-state index in [0.717, 1.165) is 20.6 Å². The molecule has 0 unspecified atom stereocenters. The minimum absolute atomic E-state index is 0.380. The molecule has 0 radical (unpaired) electrons. The van der Waals surface area contributed by atoms with Crippen LogP contribution in [0.2, 0.25) is 0 Å². The van der Waals surface area contributed by atoms with Crippen molar-refractivity contribution < 1.29 is 28.7 Å². The molecule has 0 aromatic heterocycles. The predicted molar refractivity (Wildman–Crippen MR) is 140 cm³/mol. The molecular weight excluding hydrogens is 484 g/mol. The fraction of sp³-hybridized carbons (Fsp3) is 0. The second kappa shape index (κ2) is 9.18. The van der Waals surface area contributed by atoms with Crippen LogP contribution in [0.3, 0.4) is 0 Å². The van der Waals surface area contributed by atoms with Crippen molar-refractivity contribution in [2.24, 2.45) is 0 Å². The van der Waals surface area contributed by atoms with Gasteiger partial charge in [-0.25, -0.2) is 9.80 Å². The number of hydrogen-bond acceptors (Lipinski definition) is 6. The van der Waals surface area contributed by atoms with Crippen molar-refractivity contribution in [2.45, 2.75) is 0 Å². The Hall–Kier alpha value is -5.50. The van der Waals surface area contributed by atoms with E-state index in [9.17, 15) is 19.2 Å². The molecule has 4 aromatic carbocycles. The smallest absolute Gasteiger partial charge is 0.258 e. The normalized spacial score (nSPS) is 14.7. The molecule has 0 fully saturated rings. The molecule has 4 aromatic rings. The van der Waals surface area contributed by atoms with Crippen LogP contribution in [-0.4, -0.2) is 23.6 Å². The number of carbonyl (C=O) groups is 4. The quantitative estimate of drug-likeness (QED) is 0.333. The number of amides is 4. The summed E-state index contributed by atoms with van der Waals surface area (Å²) in [5, 5.41) is 1.64. The number of hydrogen-bond donors (Lipinski definition) is 0. The highest BCUT2D eigenvalue weighted by Crippen LogP contribution is 2.37. The molecule has 0 spiro atoms. The van der Waals surface area contributed by atoms with Gasteiger partial charge in [0, 0.05) is 35.1 Å². The highest BCUT2D eigenvalue weighted by molar-refractivity contribution is 6.28. The van der Waals surface area contributed by atoms with Crippen LogP contribution in [0, 0.1) is 0 Å². The summed E-state index contributed by atoms with van der Waals surface area (Å²) in [6.07, 6.45) is 4.96. The Labute approximate surface area is 216 Å². The predicted octanol–water partition coefficient (Wildman–Crippen LogP) is 5.28. The van der Waals surface area contributed by atoms with E-state index >= 15 is 0 Å². The van der Waals surface area contributed by atoms with Gasteiger partial charge >= 0.3 is 0 Å². The van der Waals surface area contributed by atoms with E-state index in [0.29, 0.717) is 34.4 Å². The number of benzene rings is 4. The Kier molecular flexibility index (Phi) is 5.54. The topological polar surface area (TPSA) is 93.2 Å². The average molecular weight is 502 g/mol. The number of imide groups is 2. The highest BCUT2D eigenvalue weighted by atomic mass is 16.5. The van der Waals surface area contributed by atoms with Crippen LogP contribution in [0.15, 0.2) is 109 Å². The summed E-state index contributed by atoms with van der Waals surface area (Å²) in [5.74, 6) is 0.760. The van der Waals surface area contributed by atoms with Crippen LogP contribution in [0.25, 0.3) is 10.8 Å². The largest absolute Gasteiger partial charge is 0.457 e. The average Bonchev–Trinajstić information content (AvgIpc) is 3.45. The van der Waals surface area contributed by atoms with Crippen LogP contribution >= 0.6 is 0 Å². The molecule has 38 heavy (non-hydrogen) atoms. The number of carbonyl (C=O) groups excluding carboxylic acids is 4. The molecular formula is C30H18N2O6. The number of fused-ring (bicyclic) bond motifs is 1. The van der Waals surface area contributed by atoms with Crippen LogP contribution in [0.1, 0.15) is 0 Å². The number of anilines is 2. The van der Waals surface area contributed by atoms with E-state index in [4.69, 9.17) is 9.47 Å². The van der Waals surface area contributed by atoms with Crippen molar-refractivity contribution in [2.75, 3.05) is 9.80 Å². The SMILES string of the molecule is O=C1C=CC(=O)N1c1ccc(Oc2cccc3c(Oc4ccc(N5C(=O)C=CC5=O)cc4)cccc23)cc1. The van der Waals surface area contributed by atoms with Crippen molar-refractivity contribution in [3.8, 4) is 23.0 Å². The first-order valence-electron chi connectivity index (χ1n) is 11.7. The highest BCUT2D eigenvalue weighted by Gasteiger charge is 2.26. The summed E-state index contributed by atoms with van der Waals surface area (Å²) in [7, 11) is 0. The zero-order valence-corrected chi connectivity index (χ0v) is 19.7. The molecule has 0 aliphatic carbocycles. The number of nitrogens with zero attached hydrogens (tertiary/aromatic N) is 2.